The zero-order valence-electron chi connectivity index (χ0n) is 15.8. The lowest BCUT2D eigenvalue weighted by Gasteiger charge is -2.20. The number of para-hydroxylation sites is 1. The molecule has 0 heterocycles. The summed E-state index contributed by atoms with van der Waals surface area (Å²) in [7, 11) is 3.68. The van der Waals surface area contributed by atoms with Gasteiger partial charge >= 0.3 is 0 Å². The van der Waals surface area contributed by atoms with Crippen molar-refractivity contribution < 1.29 is 9.13 Å². The molecule has 0 bridgehead atoms. The lowest BCUT2D eigenvalue weighted by atomic mass is 10.2. The summed E-state index contributed by atoms with van der Waals surface area (Å²) in [5.41, 5.74) is 0.635. The quantitative estimate of drug-likeness (QED) is 0.222. The molecule has 0 amide bonds. The van der Waals surface area contributed by atoms with Crippen molar-refractivity contribution in [3.05, 3.63) is 30.1 Å². The minimum atomic E-state index is -0.181. The number of nitrogens with one attached hydrogen (secondary N) is 2. The molecule has 0 spiro atoms. The van der Waals surface area contributed by atoms with Crippen LogP contribution in [0.5, 0.6) is 0 Å². The number of ether oxygens (including phenoxy) is 1. The summed E-state index contributed by atoms with van der Waals surface area (Å²) < 4.78 is 19.3. The third-order valence-electron chi connectivity index (χ3n) is 4.26. The number of aliphatic imine (C=N–C) groups is 1. The van der Waals surface area contributed by atoms with E-state index in [1.54, 1.807) is 19.2 Å². The van der Waals surface area contributed by atoms with Gasteiger partial charge in [0.25, 0.3) is 0 Å². The van der Waals surface area contributed by atoms with Gasteiger partial charge in [0.1, 0.15) is 5.82 Å². The summed E-state index contributed by atoms with van der Waals surface area (Å²) in [5.74, 6) is 1.44. The molecule has 0 atom stereocenters. The maximum absolute atomic E-state index is 13.7. The van der Waals surface area contributed by atoms with Gasteiger partial charge in [-0.25, -0.2) is 4.39 Å². The Kier molecular flexibility index (Phi) is 11.6. The van der Waals surface area contributed by atoms with E-state index in [-0.39, 0.29) is 29.8 Å². The van der Waals surface area contributed by atoms with Crippen molar-refractivity contribution in [1.29, 1.82) is 0 Å². The first-order valence-corrected chi connectivity index (χ1v) is 9.18. The topological polar surface area (TPSA) is 48.9 Å². The minimum Gasteiger partial charge on any atom is -0.381 e. The van der Waals surface area contributed by atoms with Crippen LogP contribution in [0.3, 0.4) is 0 Å². The molecule has 1 aromatic rings. The summed E-state index contributed by atoms with van der Waals surface area (Å²) in [6.07, 6.45) is 4.54. The highest BCUT2D eigenvalue weighted by Gasteiger charge is 2.20. The molecule has 1 aromatic carbocycles. The lowest BCUT2D eigenvalue weighted by molar-refractivity contribution is 0.123. The molecule has 0 unspecified atom stereocenters. The molecular weight excluding hydrogens is 446 g/mol. The van der Waals surface area contributed by atoms with Crippen molar-refractivity contribution >= 4 is 35.6 Å². The smallest absolute Gasteiger partial charge is 0.190 e. The summed E-state index contributed by atoms with van der Waals surface area (Å²) in [6, 6.07) is 6.85. The molecule has 1 fully saturated rings. The summed E-state index contributed by atoms with van der Waals surface area (Å²) in [6.45, 7) is 4.13. The summed E-state index contributed by atoms with van der Waals surface area (Å²) >= 11 is 0. The zero-order chi connectivity index (χ0) is 17.9. The Hall–Kier alpha value is -1.09. The van der Waals surface area contributed by atoms with Crippen molar-refractivity contribution in [2.24, 2.45) is 10.9 Å². The van der Waals surface area contributed by atoms with Gasteiger partial charge in [-0.2, -0.15) is 0 Å². The molecule has 1 aliphatic rings. The van der Waals surface area contributed by atoms with Crippen LogP contribution in [0.15, 0.2) is 29.3 Å². The minimum absolute atomic E-state index is 0. The maximum atomic E-state index is 13.7. The lowest BCUT2D eigenvalue weighted by Crippen LogP contribution is -2.39. The van der Waals surface area contributed by atoms with Crippen LogP contribution in [-0.4, -0.2) is 52.9 Å². The Morgan fingerprint density at radius 1 is 1.23 bits per heavy atom. The highest BCUT2D eigenvalue weighted by Crippen LogP contribution is 2.28. The van der Waals surface area contributed by atoms with Gasteiger partial charge in [0.05, 0.1) is 5.69 Å². The number of benzene rings is 1. The number of hydrogen-bond donors (Lipinski definition) is 2. The van der Waals surface area contributed by atoms with Crippen molar-refractivity contribution in [2.45, 2.75) is 25.7 Å². The molecule has 0 radical (unpaired) electrons. The fraction of sp³-hybridized carbons (Fsp3) is 0.632. The van der Waals surface area contributed by atoms with Crippen LogP contribution < -0.4 is 15.5 Å². The number of halogens is 2. The molecule has 2 N–H and O–H groups in total. The molecule has 1 saturated carbocycles. The summed E-state index contributed by atoms with van der Waals surface area (Å²) in [5, 5.41) is 6.58. The Labute approximate surface area is 173 Å². The molecule has 148 valence electrons. The molecule has 0 aliphatic heterocycles. The molecule has 0 saturated heterocycles. The van der Waals surface area contributed by atoms with E-state index in [0.717, 1.165) is 57.6 Å². The second kappa shape index (κ2) is 13.1. The highest BCUT2D eigenvalue weighted by atomic mass is 127. The van der Waals surface area contributed by atoms with Crippen LogP contribution in [0, 0.1) is 11.7 Å². The number of anilines is 1. The largest absolute Gasteiger partial charge is 0.381 e. The standard InChI is InChI=1S/C19H31FN4O.HI/c1-21-19(23-12-6-14-25-15-16-9-10-16)22-11-5-13-24(2)18-8-4-3-7-17(18)20;/h3-4,7-8,16H,5-6,9-15H2,1-2H3,(H2,21,22,23);1H. The van der Waals surface area contributed by atoms with E-state index in [2.05, 4.69) is 15.6 Å². The second-order valence-corrected chi connectivity index (χ2v) is 6.52. The SMILES string of the molecule is CN=C(NCCCOCC1CC1)NCCCN(C)c1ccccc1F.I. The molecule has 0 aromatic heterocycles. The van der Waals surface area contributed by atoms with E-state index >= 15 is 0 Å². The fourth-order valence-electron chi connectivity index (χ4n) is 2.54. The van der Waals surface area contributed by atoms with Gasteiger partial charge in [-0.1, -0.05) is 12.1 Å². The molecule has 5 nitrogen and oxygen atoms in total. The number of nitrogens with zero attached hydrogens (tertiary/aromatic N) is 2. The van der Waals surface area contributed by atoms with Gasteiger partial charge in [0, 0.05) is 46.9 Å². The van der Waals surface area contributed by atoms with Gasteiger partial charge < -0.3 is 20.3 Å². The predicted octanol–water partition coefficient (Wildman–Crippen LogP) is 3.25. The number of hydrogen-bond acceptors (Lipinski definition) is 3. The van der Waals surface area contributed by atoms with Crippen molar-refractivity contribution in [3.63, 3.8) is 0 Å². The second-order valence-electron chi connectivity index (χ2n) is 6.52. The molecule has 1 aliphatic carbocycles. The molecule has 7 heteroatoms. The van der Waals surface area contributed by atoms with E-state index < -0.39 is 0 Å². The van der Waals surface area contributed by atoms with Crippen molar-refractivity contribution in [1.82, 2.24) is 10.6 Å². The van der Waals surface area contributed by atoms with Crippen LogP contribution >= 0.6 is 24.0 Å². The first-order valence-electron chi connectivity index (χ1n) is 9.18. The predicted molar refractivity (Wildman–Crippen MR) is 117 cm³/mol. The third-order valence-corrected chi connectivity index (χ3v) is 4.26. The maximum Gasteiger partial charge on any atom is 0.190 e. The van der Waals surface area contributed by atoms with E-state index in [4.69, 9.17) is 4.74 Å². The van der Waals surface area contributed by atoms with Gasteiger partial charge in [-0.3, -0.25) is 4.99 Å². The van der Waals surface area contributed by atoms with Crippen LogP contribution in [0.1, 0.15) is 25.7 Å². The van der Waals surface area contributed by atoms with E-state index in [0.29, 0.717) is 5.69 Å². The number of guanidine groups is 1. The van der Waals surface area contributed by atoms with Crippen LogP contribution in [0.25, 0.3) is 0 Å². The first kappa shape index (κ1) is 23.0. The zero-order valence-corrected chi connectivity index (χ0v) is 18.2. The summed E-state index contributed by atoms with van der Waals surface area (Å²) in [4.78, 5) is 6.15. The Morgan fingerprint density at radius 3 is 2.58 bits per heavy atom. The average molecular weight is 478 g/mol. The van der Waals surface area contributed by atoms with Gasteiger partial charge in [0.15, 0.2) is 5.96 Å². The number of rotatable bonds is 11. The van der Waals surface area contributed by atoms with Gasteiger partial charge in [-0.15, -0.1) is 24.0 Å². The third kappa shape index (κ3) is 9.02. The van der Waals surface area contributed by atoms with Crippen LogP contribution in [0.2, 0.25) is 0 Å². The molecule has 2 rings (SSSR count). The van der Waals surface area contributed by atoms with E-state index in [1.807, 2.05) is 18.0 Å². The monoisotopic (exact) mass is 478 g/mol. The normalized spacial score (nSPS) is 13.9. The van der Waals surface area contributed by atoms with Crippen LogP contribution in [0.4, 0.5) is 10.1 Å². The van der Waals surface area contributed by atoms with Crippen LogP contribution in [-0.2, 0) is 4.74 Å². The Balaban J connectivity index is 0.00000338. The highest BCUT2D eigenvalue weighted by molar-refractivity contribution is 14.0. The Bertz CT molecular complexity index is 540. The fourth-order valence-corrected chi connectivity index (χ4v) is 2.54. The van der Waals surface area contributed by atoms with E-state index in [9.17, 15) is 4.39 Å². The first-order chi connectivity index (χ1) is 12.2. The Morgan fingerprint density at radius 2 is 1.92 bits per heavy atom. The average Bonchev–Trinajstić information content (AvgIpc) is 3.44. The van der Waals surface area contributed by atoms with Crippen molar-refractivity contribution in [2.75, 3.05) is 51.8 Å². The van der Waals surface area contributed by atoms with Gasteiger partial charge in [0.2, 0.25) is 0 Å². The molecular formula is C19H32FIN4O. The van der Waals surface area contributed by atoms with Gasteiger partial charge in [-0.05, 0) is 43.7 Å². The van der Waals surface area contributed by atoms with Crippen molar-refractivity contribution in [3.8, 4) is 0 Å². The van der Waals surface area contributed by atoms with E-state index in [1.165, 1.54) is 18.9 Å². The molecule has 26 heavy (non-hydrogen) atoms.